The molecular weight excluding hydrogens is 317 g/mol. The number of carbonyl (C=O) groups excluding carboxylic acids is 1. The number of nitrogens with zero attached hydrogens (tertiary/aromatic N) is 1. The van der Waals surface area contributed by atoms with Gasteiger partial charge in [-0.2, -0.15) is 5.10 Å². The molecule has 1 aromatic heterocycles. The van der Waals surface area contributed by atoms with Crippen LogP contribution in [0.2, 0.25) is 0 Å². The molecule has 4 nitrogen and oxygen atoms in total. The van der Waals surface area contributed by atoms with Gasteiger partial charge in [-0.25, -0.2) is 4.39 Å². The van der Waals surface area contributed by atoms with Gasteiger partial charge in [0.15, 0.2) is 0 Å². The first-order valence-electron chi connectivity index (χ1n) is 8.34. The Morgan fingerprint density at radius 1 is 1.12 bits per heavy atom. The molecule has 2 aromatic carbocycles. The number of aromatic nitrogens is 2. The number of carbonyl (C=O) groups is 1. The number of aryl methyl sites for hydroxylation is 1. The van der Waals surface area contributed by atoms with Gasteiger partial charge in [-0.1, -0.05) is 55.8 Å². The Bertz CT molecular complexity index is 841. The lowest BCUT2D eigenvalue weighted by atomic mass is 10.1. The molecule has 0 fully saturated rings. The summed E-state index contributed by atoms with van der Waals surface area (Å²) in [6.45, 7) is 2.08. The zero-order valence-electron chi connectivity index (χ0n) is 14.1. The van der Waals surface area contributed by atoms with Crippen molar-refractivity contribution in [3.05, 3.63) is 71.7 Å². The van der Waals surface area contributed by atoms with Crippen LogP contribution in [0.4, 0.5) is 10.1 Å². The van der Waals surface area contributed by atoms with E-state index in [2.05, 4.69) is 22.4 Å². The lowest BCUT2D eigenvalue weighted by Crippen LogP contribution is -2.15. The van der Waals surface area contributed by atoms with Gasteiger partial charge in [-0.05, 0) is 24.1 Å². The highest BCUT2D eigenvalue weighted by molar-refractivity contribution is 5.96. The Morgan fingerprint density at radius 3 is 2.52 bits per heavy atom. The van der Waals surface area contributed by atoms with Gasteiger partial charge in [-0.3, -0.25) is 9.89 Å². The summed E-state index contributed by atoms with van der Waals surface area (Å²) in [5, 5.41) is 10.4. The first-order valence-corrected chi connectivity index (χ1v) is 8.34. The molecule has 0 saturated heterocycles. The molecule has 3 rings (SSSR count). The fourth-order valence-corrected chi connectivity index (χ4v) is 2.72. The van der Waals surface area contributed by atoms with E-state index < -0.39 is 0 Å². The van der Waals surface area contributed by atoms with Crippen LogP contribution in [0.25, 0.3) is 11.3 Å². The van der Waals surface area contributed by atoms with E-state index in [1.807, 2.05) is 30.3 Å². The SMILES string of the molecule is CCCc1[nH]nc(-c2ccccc2)c1NC(=O)Cc1ccc(F)cc1. The monoisotopic (exact) mass is 337 g/mol. The minimum Gasteiger partial charge on any atom is -0.322 e. The number of halogens is 1. The maximum atomic E-state index is 13.0. The molecule has 0 radical (unpaired) electrons. The van der Waals surface area contributed by atoms with Crippen LogP contribution in [0.5, 0.6) is 0 Å². The quantitative estimate of drug-likeness (QED) is 0.702. The fraction of sp³-hybridized carbons (Fsp3) is 0.200. The van der Waals surface area contributed by atoms with Crippen molar-refractivity contribution in [1.29, 1.82) is 0 Å². The van der Waals surface area contributed by atoms with Crippen LogP contribution >= 0.6 is 0 Å². The first-order chi connectivity index (χ1) is 12.2. The van der Waals surface area contributed by atoms with Crippen LogP contribution in [0.3, 0.4) is 0 Å². The van der Waals surface area contributed by atoms with Crippen LogP contribution in [-0.4, -0.2) is 16.1 Å². The van der Waals surface area contributed by atoms with Gasteiger partial charge in [0.1, 0.15) is 11.5 Å². The highest BCUT2D eigenvalue weighted by Gasteiger charge is 2.17. The van der Waals surface area contributed by atoms with Gasteiger partial charge in [0.2, 0.25) is 5.91 Å². The van der Waals surface area contributed by atoms with Crippen molar-refractivity contribution in [2.45, 2.75) is 26.2 Å². The van der Waals surface area contributed by atoms with Crippen molar-refractivity contribution in [3.8, 4) is 11.3 Å². The Kier molecular flexibility index (Phi) is 5.23. The van der Waals surface area contributed by atoms with Crippen molar-refractivity contribution in [3.63, 3.8) is 0 Å². The summed E-state index contributed by atoms with van der Waals surface area (Å²) in [6.07, 6.45) is 1.93. The molecule has 1 heterocycles. The highest BCUT2D eigenvalue weighted by atomic mass is 19.1. The van der Waals surface area contributed by atoms with E-state index in [9.17, 15) is 9.18 Å². The summed E-state index contributed by atoms with van der Waals surface area (Å²) in [6, 6.07) is 15.7. The number of H-pyrrole nitrogens is 1. The molecule has 0 aliphatic heterocycles. The summed E-state index contributed by atoms with van der Waals surface area (Å²) in [5.74, 6) is -0.460. The second-order valence-electron chi connectivity index (χ2n) is 5.89. The molecule has 0 atom stereocenters. The van der Waals surface area contributed by atoms with E-state index >= 15 is 0 Å². The van der Waals surface area contributed by atoms with Crippen LogP contribution in [0.1, 0.15) is 24.6 Å². The normalized spacial score (nSPS) is 10.6. The van der Waals surface area contributed by atoms with Crippen LogP contribution in [0, 0.1) is 5.82 Å². The van der Waals surface area contributed by atoms with Gasteiger partial charge < -0.3 is 5.32 Å². The second-order valence-corrected chi connectivity index (χ2v) is 5.89. The minimum absolute atomic E-state index is 0.150. The van der Waals surface area contributed by atoms with Gasteiger partial charge >= 0.3 is 0 Å². The molecule has 0 aliphatic rings. The minimum atomic E-state index is -0.310. The number of nitrogens with one attached hydrogen (secondary N) is 2. The fourth-order valence-electron chi connectivity index (χ4n) is 2.72. The summed E-state index contributed by atoms with van der Waals surface area (Å²) in [7, 11) is 0. The van der Waals surface area contributed by atoms with E-state index in [1.165, 1.54) is 12.1 Å². The summed E-state index contributed by atoms with van der Waals surface area (Å²) in [4.78, 5) is 12.5. The molecule has 3 aromatic rings. The summed E-state index contributed by atoms with van der Waals surface area (Å²) in [5.41, 5.74) is 4.07. The molecule has 25 heavy (non-hydrogen) atoms. The van der Waals surface area contributed by atoms with Crippen molar-refractivity contribution < 1.29 is 9.18 Å². The van der Waals surface area contributed by atoms with Gasteiger partial charge in [0.05, 0.1) is 17.8 Å². The summed E-state index contributed by atoms with van der Waals surface area (Å²) < 4.78 is 13.0. The topological polar surface area (TPSA) is 57.8 Å². The molecule has 0 aliphatic carbocycles. The van der Waals surface area contributed by atoms with E-state index in [0.717, 1.165) is 41.0 Å². The number of anilines is 1. The Labute approximate surface area is 146 Å². The van der Waals surface area contributed by atoms with Crippen LogP contribution in [0.15, 0.2) is 54.6 Å². The smallest absolute Gasteiger partial charge is 0.228 e. The Morgan fingerprint density at radius 2 is 1.84 bits per heavy atom. The largest absolute Gasteiger partial charge is 0.322 e. The number of aromatic amines is 1. The van der Waals surface area contributed by atoms with E-state index in [1.54, 1.807) is 12.1 Å². The lowest BCUT2D eigenvalue weighted by molar-refractivity contribution is -0.115. The average molecular weight is 337 g/mol. The van der Waals surface area contributed by atoms with Gasteiger partial charge in [0.25, 0.3) is 0 Å². The third kappa shape index (κ3) is 4.12. The van der Waals surface area contributed by atoms with Crippen molar-refractivity contribution in [2.75, 3.05) is 5.32 Å². The predicted molar refractivity (Wildman–Crippen MR) is 96.8 cm³/mol. The number of hydrogen-bond donors (Lipinski definition) is 2. The van der Waals surface area contributed by atoms with Crippen LogP contribution < -0.4 is 5.32 Å². The standard InChI is InChI=1S/C20H20FN3O/c1-2-6-17-20(19(24-23-17)15-7-4-3-5-8-15)22-18(25)13-14-9-11-16(21)12-10-14/h3-5,7-12H,2,6,13H2,1H3,(H,22,25)(H,23,24). The molecule has 2 N–H and O–H groups in total. The van der Waals surface area contributed by atoms with Gasteiger partial charge in [0, 0.05) is 5.56 Å². The predicted octanol–water partition coefficient (Wildman–Crippen LogP) is 4.35. The third-order valence-corrected chi connectivity index (χ3v) is 3.93. The van der Waals surface area contributed by atoms with E-state index in [-0.39, 0.29) is 18.1 Å². The molecule has 0 bridgehead atoms. The van der Waals surface area contributed by atoms with Gasteiger partial charge in [-0.15, -0.1) is 0 Å². The zero-order chi connectivity index (χ0) is 17.6. The van der Waals surface area contributed by atoms with E-state index in [4.69, 9.17) is 0 Å². The maximum absolute atomic E-state index is 13.0. The Balaban J connectivity index is 1.83. The molecule has 0 spiro atoms. The second kappa shape index (κ2) is 7.75. The number of amides is 1. The number of benzene rings is 2. The molecule has 128 valence electrons. The zero-order valence-corrected chi connectivity index (χ0v) is 14.1. The molecule has 0 unspecified atom stereocenters. The Hall–Kier alpha value is -2.95. The maximum Gasteiger partial charge on any atom is 0.228 e. The summed E-state index contributed by atoms with van der Waals surface area (Å²) >= 11 is 0. The average Bonchev–Trinajstić information content (AvgIpc) is 3.00. The molecule has 1 amide bonds. The highest BCUT2D eigenvalue weighted by Crippen LogP contribution is 2.29. The molecule has 0 saturated carbocycles. The van der Waals surface area contributed by atoms with Crippen LogP contribution in [-0.2, 0) is 17.6 Å². The molecular formula is C20H20FN3O. The number of hydrogen-bond acceptors (Lipinski definition) is 2. The van der Waals surface area contributed by atoms with E-state index in [0.29, 0.717) is 0 Å². The lowest BCUT2D eigenvalue weighted by Gasteiger charge is -2.08. The van der Waals surface area contributed by atoms with Crippen molar-refractivity contribution in [2.24, 2.45) is 0 Å². The van der Waals surface area contributed by atoms with Crippen molar-refractivity contribution in [1.82, 2.24) is 10.2 Å². The first kappa shape index (κ1) is 16.9. The van der Waals surface area contributed by atoms with Crippen molar-refractivity contribution >= 4 is 11.6 Å². The molecule has 5 heteroatoms. The number of rotatable bonds is 6. The third-order valence-electron chi connectivity index (χ3n) is 3.93.